The Morgan fingerprint density at radius 1 is 1.60 bits per heavy atom. The molecule has 0 radical (unpaired) electrons. The number of nitrogens with zero attached hydrogens (tertiary/aromatic N) is 3. The minimum absolute atomic E-state index is 0.0289. The van der Waals surface area contributed by atoms with Gasteiger partial charge in [0.25, 0.3) is 5.91 Å². The summed E-state index contributed by atoms with van der Waals surface area (Å²) in [6.45, 7) is -0.0323. The van der Waals surface area contributed by atoms with Crippen molar-refractivity contribution in [2.24, 2.45) is 0 Å². The lowest BCUT2D eigenvalue weighted by atomic mass is 9.91. The Bertz CT molecular complexity index is 533. The predicted molar refractivity (Wildman–Crippen MR) is 71.7 cm³/mol. The van der Waals surface area contributed by atoms with Gasteiger partial charge in [-0.05, 0) is 25.3 Å². The van der Waals surface area contributed by atoms with Gasteiger partial charge in [0, 0.05) is 18.8 Å². The molecule has 8 heteroatoms. The smallest absolute Gasteiger partial charge is 0.319 e. The van der Waals surface area contributed by atoms with Crippen LogP contribution in [0.3, 0.4) is 0 Å². The van der Waals surface area contributed by atoms with Crippen LogP contribution < -0.4 is 0 Å². The van der Waals surface area contributed by atoms with E-state index < -0.39 is 16.5 Å². The molecule has 1 saturated carbocycles. The highest BCUT2D eigenvalue weighted by Gasteiger charge is 2.33. The molecule has 0 aliphatic heterocycles. The second kappa shape index (κ2) is 6.15. The monoisotopic (exact) mass is 299 g/mol. The average Bonchev–Trinajstić information content (AvgIpc) is 2.34. The Labute approximate surface area is 120 Å². The maximum absolute atomic E-state index is 12.5. The molecular weight excluding hydrogens is 286 g/mol. The zero-order valence-corrected chi connectivity index (χ0v) is 11.4. The number of aliphatic hydroxyl groups excluding tert-OH is 1. The molecule has 0 bridgehead atoms. The van der Waals surface area contributed by atoms with Crippen molar-refractivity contribution in [1.82, 2.24) is 9.88 Å². The van der Waals surface area contributed by atoms with Crippen LogP contribution >= 0.6 is 11.6 Å². The van der Waals surface area contributed by atoms with Gasteiger partial charge in [-0.15, -0.1) is 0 Å². The summed E-state index contributed by atoms with van der Waals surface area (Å²) in [4.78, 5) is 27.9. The minimum atomic E-state index is -0.708. The third kappa shape index (κ3) is 2.73. The van der Waals surface area contributed by atoms with Crippen LogP contribution in [-0.4, -0.2) is 45.0 Å². The summed E-state index contributed by atoms with van der Waals surface area (Å²) in [6, 6.07) is 1.32. The first-order chi connectivity index (χ1) is 9.56. The van der Waals surface area contributed by atoms with Crippen LogP contribution in [0.25, 0.3) is 0 Å². The van der Waals surface area contributed by atoms with E-state index in [4.69, 9.17) is 16.7 Å². The topological polar surface area (TPSA) is 96.6 Å². The van der Waals surface area contributed by atoms with Gasteiger partial charge >= 0.3 is 5.69 Å². The van der Waals surface area contributed by atoms with E-state index in [-0.39, 0.29) is 29.9 Å². The highest BCUT2D eigenvalue weighted by atomic mass is 35.5. The zero-order valence-electron chi connectivity index (χ0n) is 10.7. The highest BCUT2D eigenvalue weighted by Crippen LogP contribution is 2.30. The number of aliphatic hydroxyl groups is 1. The summed E-state index contributed by atoms with van der Waals surface area (Å²) in [5.74, 6) is -0.486. The lowest BCUT2D eigenvalue weighted by molar-refractivity contribution is -0.385. The van der Waals surface area contributed by atoms with Gasteiger partial charge in [-0.2, -0.15) is 0 Å². The fourth-order valence-corrected chi connectivity index (χ4v) is 2.41. The van der Waals surface area contributed by atoms with Crippen molar-refractivity contribution < 1.29 is 14.8 Å². The Morgan fingerprint density at radius 2 is 2.30 bits per heavy atom. The van der Waals surface area contributed by atoms with E-state index in [0.29, 0.717) is 0 Å². The molecule has 108 valence electrons. The maximum Gasteiger partial charge on any atom is 0.319 e. The third-order valence-corrected chi connectivity index (χ3v) is 3.69. The summed E-state index contributed by atoms with van der Waals surface area (Å²) in [6.07, 6.45) is 3.97. The quantitative estimate of drug-likeness (QED) is 0.506. The largest absolute Gasteiger partial charge is 0.395 e. The normalized spacial score (nSPS) is 14.7. The molecule has 1 aliphatic carbocycles. The second-order valence-electron chi connectivity index (χ2n) is 4.56. The van der Waals surface area contributed by atoms with E-state index in [1.165, 1.54) is 17.2 Å². The lowest BCUT2D eigenvalue weighted by Gasteiger charge is -2.37. The Kier molecular flexibility index (Phi) is 4.51. The van der Waals surface area contributed by atoms with Crippen LogP contribution in [0.1, 0.15) is 29.6 Å². The number of carbonyl (C=O) groups is 1. The van der Waals surface area contributed by atoms with E-state index in [0.717, 1.165) is 19.3 Å². The number of amides is 1. The SMILES string of the molecule is O=C(c1ccnc(Cl)c1[N+](=O)[O-])N(CCO)C1CCC1. The molecule has 1 aromatic heterocycles. The van der Waals surface area contributed by atoms with E-state index in [9.17, 15) is 14.9 Å². The molecule has 20 heavy (non-hydrogen) atoms. The van der Waals surface area contributed by atoms with Gasteiger partial charge in [0.1, 0.15) is 5.56 Å². The molecule has 1 amide bonds. The van der Waals surface area contributed by atoms with E-state index in [1.807, 2.05) is 0 Å². The number of hydrogen-bond acceptors (Lipinski definition) is 5. The van der Waals surface area contributed by atoms with Gasteiger partial charge < -0.3 is 10.0 Å². The number of nitro groups is 1. The summed E-state index contributed by atoms with van der Waals surface area (Å²) in [7, 11) is 0. The van der Waals surface area contributed by atoms with Crippen LogP contribution in [0.2, 0.25) is 5.15 Å². The van der Waals surface area contributed by atoms with Gasteiger partial charge in [-0.1, -0.05) is 11.6 Å². The van der Waals surface area contributed by atoms with Gasteiger partial charge in [-0.3, -0.25) is 14.9 Å². The van der Waals surface area contributed by atoms with Gasteiger partial charge in [0.15, 0.2) is 0 Å². The minimum Gasteiger partial charge on any atom is -0.395 e. The first-order valence-electron chi connectivity index (χ1n) is 6.27. The summed E-state index contributed by atoms with van der Waals surface area (Å²) in [5, 5.41) is 19.8. The lowest BCUT2D eigenvalue weighted by Crippen LogP contribution is -2.45. The molecule has 0 saturated heterocycles. The molecule has 1 fully saturated rings. The molecule has 7 nitrogen and oxygen atoms in total. The molecule has 0 atom stereocenters. The Morgan fingerprint density at radius 3 is 2.80 bits per heavy atom. The van der Waals surface area contributed by atoms with Crippen LogP contribution in [0.4, 0.5) is 5.69 Å². The van der Waals surface area contributed by atoms with Crippen molar-refractivity contribution in [3.05, 3.63) is 33.1 Å². The first kappa shape index (κ1) is 14.7. The number of hydrogen-bond donors (Lipinski definition) is 1. The van der Waals surface area contributed by atoms with Gasteiger partial charge in [0.2, 0.25) is 5.15 Å². The zero-order chi connectivity index (χ0) is 14.7. The predicted octanol–water partition coefficient (Wildman–Crippen LogP) is 1.63. The number of aromatic nitrogens is 1. The van der Waals surface area contributed by atoms with Crippen molar-refractivity contribution >= 4 is 23.2 Å². The van der Waals surface area contributed by atoms with E-state index >= 15 is 0 Å². The summed E-state index contributed by atoms with van der Waals surface area (Å²) >= 11 is 5.70. The van der Waals surface area contributed by atoms with Crippen molar-refractivity contribution in [1.29, 1.82) is 0 Å². The van der Waals surface area contributed by atoms with Crippen molar-refractivity contribution in [2.45, 2.75) is 25.3 Å². The van der Waals surface area contributed by atoms with E-state index in [1.54, 1.807) is 0 Å². The summed E-state index contributed by atoms with van der Waals surface area (Å²) < 4.78 is 0. The molecule has 0 spiro atoms. The molecule has 1 aliphatic rings. The van der Waals surface area contributed by atoms with Gasteiger partial charge in [-0.25, -0.2) is 4.98 Å². The standard InChI is InChI=1S/C12H14ClN3O4/c13-11-10(16(19)20)9(4-5-14-11)12(18)15(6-7-17)8-2-1-3-8/h4-5,8,17H,1-3,6-7H2. The van der Waals surface area contributed by atoms with Crippen molar-refractivity contribution in [3.8, 4) is 0 Å². The van der Waals surface area contributed by atoms with Gasteiger partial charge in [0.05, 0.1) is 11.5 Å². The Hall–Kier alpha value is -1.73. The molecular formula is C12H14ClN3O4. The molecule has 1 N–H and O–H groups in total. The van der Waals surface area contributed by atoms with Crippen LogP contribution in [0.5, 0.6) is 0 Å². The summed E-state index contributed by atoms with van der Waals surface area (Å²) in [5.41, 5.74) is -0.572. The van der Waals surface area contributed by atoms with Crippen LogP contribution in [0.15, 0.2) is 12.3 Å². The maximum atomic E-state index is 12.5. The van der Waals surface area contributed by atoms with Crippen molar-refractivity contribution in [3.63, 3.8) is 0 Å². The van der Waals surface area contributed by atoms with E-state index in [2.05, 4.69) is 4.98 Å². The first-order valence-corrected chi connectivity index (χ1v) is 6.64. The fraction of sp³-hybridized carbons (Fsp3) is 0.500. The molecule has 0 unspecified atom stereocenters. The second-order valence-corrected chi connectivity index (χ2v) is 4.92. The van der Waals surface area contributed by atoms with Crippen molar-refractivity contribution in [2.75, 3.05) is 13.2 Å². The van der Waals surface area contributed by atoms with Crippen LogP contribution in [0, 0.1) is 10.1 Å². The number of rotatable bonds is 5. The molecule has 1 heterocycles. The number of pyridine rings is 1. The average molecular weight is 300 g/mol. The Balaban J connectivity index is 2.36. The molecule has 2 rings (SSSR count). The molecule has 1 aromatic rings. The van der Waals surface area contributed by atoms with Crippen LogP contribution in [-0.2, 0) is 0 Å². The third-order valence-electron chi connectivity index (χ3n) is 3.41. The fourth-order valence-electron chi connectivity index (χ4n) is 2.19. The molecule has 0 aromatic carbocycles. The number of carbonyl (C=O) groups excluding carboxylic acids is 1. The highest BCUT2D eigenvalue weighted by molar-refractivity contribution is 6.32. The number of halogens is 1.